The number of aliphatic hydroxyl groups is 3. The summed E-state index contributed by atoms with van der Waals surface area (Å²) in [5, 5.41) is 39.1. The van der Waals surface area contributed by atoms with Crippen molar-refractivity contribution in [3.8, 4) is 0 Å². The second-order valence-corrected chi connectivity index (χ2v) is 7.25. The van der Waals surface area contributed by atoms with Gasteiger partial charge in [-0.15, -0.1) is 0 Å². The second-order valence-electron chi connectivity index (χ2n) is 7.25. The van der Waals surface area contributed by atoms with E-state index in [1.807, 2.05) is 25.2 Å². The minimum atomic E-state index is -0.792. The lowest BCUT2D eigenvalue weighted by Gasteiger charge is -2.19. The normalized spacial score (nSPS) is 27.0. The summed E-state index contributed by atoms with van der Waals surface area (Å²) in [6.45, 7) is 3.38. The highest BCUT2D eigenvalue weighted by Gasteiger charge is 2.39. The predicted octanol–water partition coefficient (Wildman–Crippen LogP) is 2.67. The molecule has 6 nitrogen and oxygen atoms in total. The smallest absolute Gasteiger partial charge is 0.303 e. The SMILES string of the molecule is CCOCCCC[C@H](O)/C=C/[C@H]1C(O)CC(O)C1C/C=C\CCCC(=O)O. The van der Waals surface area contributed by atoms with Crippen LogP contribution in [0, 0.1) is 11.8 Å². The average molecular weight is 385 g/mol. The number of hydrogen-bond acceptors (Lipinski definition) is 5. The molecule has 0 heterocycles. The third kappa shape index (κ3) is 10.1. The number of aliphatic carboxylic acids is 1. The standard InChI is InChI=1S/C21H36O6/c1-2-27-14-8-7-9-16(22)12-13-18-17(19(23)15-20(18)24)10-5-3-4-6-11-21(25)26/h3,5,12-13,16-20,22-24H,2,4,6-11,14-15H2,1H3,(H,25,26)/b5-3-,13-12+/t16-,17?,18+,19?,20?/m0/s1. The van der Waals surface area contributed by atoms with Crippen LogP contribution in [0.2, 0.25) is 0 Å². The lowest BCUT2D eigenvalue weighted by Crippen LogP contribution is -2.20. The van der Waals surface area contributed by atoms with E-state index >= 15 is 0 Å². The molecule has 0 aromatic heterocycles. The van der Waals surface area contributed by atoms with Gasteiger partial charge in [-0.3, -0.25) is 4.79 Å². The first kappa shape index (κ1) is 23.8. The Balaban J connectivity index is 2.41. The van der Waals surface area contributed by atoms with Crippen LogP contribution in [-0.2, 0) is 9.53 Å². The van der Waals surface area contributed by atoms with E-state index < -0.39 is 24.3 Å². The summed E-state index contributed by atoms with van der Waals surface area (Å²) >= 11 is 0. The monoisotopic (exact) mass is 384 g/mol. The van der Waals surface area contributed by atoms with Crippen molar-refractivity contribution in [1.29, 1.82) is 0 Å². The molecular formula is C21H36O6. The molecule has 0 aromatic carbocycles. The molecule has 1 aliphatic carbocycles. The van der Waals surface area contributed by atoms with Crippen LogP contribution in [0.1, 0.15) is 58.3 Å². The summed E-state index contributed by atoms with van der Waals surface area (Å²) in [5.74, 6) is -1.06. The van der Waals surface area contributed by atoms with Gasteiger partial charge in [0.2, 0.25) is 0 Å². The van der Waals surface area contributed by atoms with Gasteiger partial charge in [0, 0.05) is 32.0 Å². The molecule has 0 aromatic rings. The van der Waals surface area contributed by atoms with Gasteiger partial charge in [0.25, 0.3) is 0 Å². The summed E-state index contributed by atoms with van der Waals surface area (Å²) in [6.07, 6.45) is 10.6. The van der Waals surface area contributed by atoms with Gasteiger partial charge >= 0.3 is 5.97 Å². The fourth-order valence-electron chi connectivity index (χ4n) is 3.50. The quantitative estimate of drug-likeness (QED) is 0.271. The summed E-state index contributed by atoms with van der Waals surface area (Å²) in [7, 11) is 0. The number of ether oxygens (including phenoxy) is 1. The Morgan fingerprint density at radius 2 is 1.96 bits per heavy atom. The van der Waals surface area contributed by atoms with Crippen LogP contribution in [0.4, 0.5) is 0 Å². The molecule has 1 saturated carbocycles. The van der Waals surface area contributed by atoms with Crippen molar-refractivity contribution in [2.45, 2.75) is 76.6 Å². The Morgan fingerprint density at radius 1 is 1.19 bits per heavy atom. The Bertz CT molecular complexity index is 462. The van der Waals surface area contributed by atoms with Crippen molar-refractivity contribution < 1.29 is 30.0 Å². The van der Waals surface area contributed by atoms with Crippen LogP contribution in [0.5, 0.6) is 0 Å². The molecule has 156 valence electrons. The number of carboxylic acid groups (broad SMARTS) is 1. The van der Waals surface area contributed by atoms with Gasteiger partial charge < -0.3 is 25.2 Å². The summed E-state index contributed by atoms with van der Waals surface area (Å²) in [4.78, 5) is 10.5. The maximum atomic E-state index is 10.5. The first-order valence-electron chi connectivity index (χ1n) is 10.1. The van der Waals surface area contributed by atoms with Gasteiger partial charge in [0.05, 0.1) is 18.3 Å². The van der Waals surface area contributed by atoms with E-state index in [-0.39, 0.29) is 18.3 Å². The van der Waals surface area contributed by atoms with Gasteiger partial charge in [0.15, 0.2) is 0 Å². The van der Waals surface area contributed by atoms with Gasteiger partial charge in [-0.2, -0.15) is 0 Å². The number of aliphatic hydroxyl groups excluding tert-OH is 3. The largest absolute Gasteiger partial charge is 0.481 e. The van der Waals surface area contributed by atoms with Crippen LogP contribution in [-0.4, -0.2) is 57.9 Å². The van der Waals surface area contributed by atoms with Crippen molar-refractivity contribution in [2.75, 3.05) is 13.2 Å². The van der Waals surface area contributed by atoms with Crippen molar-refractivity contribution in [2.24, 2.45) is 11.8 Å². The molecule has 1 rings (SSSR count). The highest BCUT2D eigenvalue weighted by molar-refractivity contribution is 5.66. The van der Waals surface area contributed by atoms with E-state index in [9.17, 15) is 20.1 Å². The molecule has 0 bridgehead atoms. The lowest BCUT2D eigenvalue weighted by molar-refractivity contribution is -0.137. The Morgan fingerprint density at radius 3 is 2.67 bits per heavy atom. The Kier molecular flexibility index (Phi) is 12.3. The van der Waals surface area contributed by atoms with Crippen LogP contribution < -0.4 is 0 Å². The van der Waals surface area contributed by atoms with E-state index in [1.54, 1.807) is 6.08 Å². The number of rotatable bonds is 14. The minimum absolute atomic E-state index is 0.0860. The van der Waals surface area contributed by atoms with Crippen molar-refractivity contribution in [3.63, 3.8) is 0 Å². The predicted molar refractivity (Wildman–Crippen MR) is 104 cm³/mol. The molecular weight excluding hydrogens is 348 g/mol. The zero-order chi connectivity index (χ0) is 20.1. The molecule has 1 aliphatic rings. The highest BCUT2D eigenvalue weighted by Crippen LogP contribution is 2.36. The van der Waals surface area contributed by atoms with Crippen molar-refractivity contribution in [1.82, 2.24) is 0 Å². The molecule has 0 spiro atoms. The Hall–Kier alpha value is -1.21. The molecule has 1 fully saturated rings. The summed E-state index contributed by atoms with van der Waals surface area (Å²) < 4.78 is 5.27. The fraction of sp³-hybridized carbons (Fsp3) is 0.762. The van der Waals surface area contributed by atoms with Crippen LogP contribution >= 0.6 is 0 Å². The van der Waals surface area contributed by atoms with Crippen LogP contribution in [0.3, 0.4) is 0 Å². The maximum Gasteiger partial charge on any atom is 0.303 e. The van der Waals surface area contributed by atoms with Gasteiger partial charge in [0.1, 0.15) is 0 Å². The molecule has 0 aliphatic heterocycles. The molecule has 0 radical (unpaired) electrons. The van der Waals surface area contributed by atoms with Gasteiger partial charge in [-0.25, -0.2) is 0 Å². The van der Waals surface area contributed by atoms with Gasteiger partial charge in [-0.1, -0.05) is 24.3 Å². The first-order valence-corrected chi connectivity index (χ1v) is 10.1. The Labute approximate surface area is 162 Å². The number of hydrogen-bond donors (Lipinski definition) is 4. The van der Waals surface area contributed by atoms with Crippen LogP contribution in [0.25, 0.3) is 0 Å². The molecule has 0 saturated heterocycles. The van der Waals surface area contributed by atoms with E-state index in [0.29, 0.717) is 45.3 Å². The van der Waals surface area contributed by atoms with Crippen molar-refractivity contribution in [3.05, 3.63) is 24.3 Å². The average Bonchev–Trinajstić information content (AvgIpc) is 2.88. The minimum Gasteiger partial charge on any atom is -0.481 e. The zero-order valence-electron chi connectivity index (χ0n) is 16.4. The summed E-state index contributed by atoms with van der Waals surface area (Å²) in [6, 6.07) is 0. The first-order chi connectivity index (χ1) is 13.0. The van der Waals surface area contributed by atoms with E-state index in [4.69, 9.17) is 9.84 Å². The molecule has 0 amide bonds. The lowest BCUT2D eigenvalue weighted by atomic mass is 9.89. The zero-order valence-corrected chi connectivity index (χ0v) is 16.4. The molecule has 3 unspecified atom stereocenters. The molecule has 6 heteroatoms. The van der Waals surface area contributed by atoms with E-state index in [1.165, 1.54) is 0 Å². The number of carboxylic acids is 1. The maximum absolute atomic E-state index is 10.5. The fourth-order valence-corrected chi connectivity index (χ4v) is 3.50. The third-order valence-electron chi connectivity index (χ3n) is 5.05. The number of unbranched alkanes of at least 4 members (excludes halogenated alkanes) is 2. The van der Waals surface area contributed by atoms with Gasteiger partial charge in [-0.05, 0) is 51.4 Å². The second kappa shape index (κ2) is 13.9. The third-order valence-corrected chi connectivity index (χ3v) is 5.05. The van der Waals surface area contributed by atoms with E-state index in [0.717, 1.165) is 12.8 Å². The van der Waals surface area contributed by atoms with Crippen LogP contribution in [0.15, 0.2) is 24.3 Å². The topological polar surface area (TPSA) is 107 Å². The molecule has 5 atom stereocenters. The number of allylic oxidation sites excluding steroid dienone is 2. The van der Waals surface area contributed by atoms with Crippen molar-refractivity contribution >= 4 is 5.97 Å². The number of carbonyl (C=O) groups is 1. The molecule has 27 heavy (non-hydrogen) atoms. The van der Waals surface area contributed by atoms with E-state index in [2.05, 4.69) is 0 Å². The molecule has 4 N–H and O–H groups in total. The highest BCUT2D eigenvalue weighted by atomic mass is 16.5. The summed E-state index contributed by atoms with van der Waals surface area (Å²) in [5.41, 5.74) is 0.